The highest BCUT2D eigenvalue weighted by Crippen LogP contribution is 2.20. The molecule has 1 heterocycles. The van der Waals surface area contributed by atoms with Gasteiger partial charge in [0.25, 0.3) is 5.91 Å². The van der Waals surface area contributed by atoms with E-state index < -0.39 is 5.54 Å². The van der Waals surface area contributed by atoms with Crippen molar-refractivity contribution in [3.8, 4) is 11.3 Å². The Labute approximate surface area is 124 Å². The molecule has 0 aliphatic rings. The monoisotopic (exact) mass is 288 g/mol. The Bertz CT molecular complexity index is 595. The summed E-state index contributed by atoms with van der Waals surface area (Å²) in [5.74, 6) is -0.144. The molecular weight excluding hydrogens is 268 g/mol. The van der Waals surface area contributed by atoms with E-state index in [1.165, 1.54) is 0 Å². The third kappa shape index (κ3) is 3.70. The second kappa shape index (κ2) is 6.54. The van der Waals surface area contributed by atoms with Gasteiger partial charge in [0.05, 0.1) is 0 Å². The maximum atomic E-state index is 12.2. The van der Waals surface area contributed by atoms with E-state index in [1.807, 2.05) is 44.2 Å². The Morgan fingerprint density at radius 3 is 2.71 bits per heavy atom. The lowest BCUT2D eigenvalue weighted by molar-refractivity contribution is 0.0848. The number of aliphatic hydroxyl groups is 1. The van der Waals surface area contributed by atoms with E-state index >= 15 is 0 Å². The third-order valence-electron chi connectivity index (χ3n) is 3.66. The number of carbonyl (C=O) groups is 1. The molecule has 2 aromatic rings. The van der Waals surface area contributed by atoms with E-state index in [0.29, 0.717) is 12.1 Å². The van der Waals surface area contributed by atoms with Crippen LogP contribution in [-0.4, -0.2) is 28.3 Å². The summed E-state index contributed by atoms with van der Waals surface area (Å²) in [6.45, 7) is 3.89. The molecule has 1 unspecified atom stereocenters. The molecule has 5 heteroatoms. The Hall–Kier alpha value is -2.14. The Morgan fingerprint density at radius 1 is 1.38 bits per heavy atom. The normalized spacial score (nSPS) is 13.7. The van der Waals surface area contributed by atoms with E-state index in [4.69, 9.17) is 9.63 Å². The molecule has 0 spiro atoms. The lowest BCUT2D eigenvalue weighted by Gasteiger charge is -2.28. The maximum Gasteiger partial charge on any atom is 0.290 e. The standard InChI is InChI=1S/C16H20N2O3/c1-3-16(2,9-10-19)17-15(20)14-11-13(18-21-14)12-7-5-4-6-8-12/h4-8,11,19H,3,9-10H2,1-2H3,(H,17,20). The molecule has 1 atom stereocenters. The van der Waals surface area contributed by atoms with Crippen molar-refractivity contribution in [3.05, 3.63) is 42.2 Å². The van der Waals surface area contributed by atoms with Gasteiger partial charge in [-0.05, 0) is 19.8 Å². The van der Waals surface area contributed by atoms with Crippen molar-refractivity contribution in [2.75, 3.05) is 6.61 Å². The van der Waals surface area contributed by atoms with E-state index in [-0.39, 0.29) is 18.3 Å². The highest BCUT2D eigenvalue weighted by Gasteiger charge is 2.26. The first-order chi connectivity index (χ1) is 10.1. The van der Waals surface area contributed by atoms with Crippen molar-refractivity contribution in [1.82, 2.24) is 10.5 Å². The molecule has 0 aliphatic heterocycles. The molecule has 0 fully saturated rings. The number of hydrogen-bond acceptors (Lipinski definition) is 4. The molecule has 2 N–H and O–H groups in total. The van der Waals surface area contributed by atoms with Crippen LogP contribution in [0.5, 0.6) is 0 Å². The third-order valence-corrected chi connectivity index (χ3v) is 3.66. The number of aliphatic hydroxyl groups excluding tert-OH is 1. The van der Waals surface area contributed by atoms with Crippen LogP contribution in [0.2, 0.25) is 0 Å². The molecule has 5 nitrogen and oxygen atoms in total. The number of nitrogens with one attached hydrogen (secondary N) is 1. The number of nitrogens with zero attached hydrogens (tertiary/aromatic N) is 1. The number of benzene rings is 1. The fraction of sp³-hybridized carbons (Fsp3) is 0.375. The molecule has 0 saturated carbocycles. The van der Waals surface area contributed by atoms with E-state index in [0.717, 1.165) is 12.0 Å². The molecule has 1 aromatic heterocycles. The number of amides is 1. The molecule has 21 heavy (non-hydrogen) atoms. The molecule has 0 bridgehead atoms. The minimum atomic E-state index is -0.453. The van der Waals surface area contributed by atoms with Crippen LogP contribution in [0.3, 0.4) is 0 Å². The summed E-state index contributed by atoms with van der Waals surface area (Å²) in [6.07, 6.45) is 1.22. The summed E-state index contributed by atoms with van der Waals surface area (Å²) in [6, 6.07) is 11.2. The van der Waals surface area contributed by atoms with Gasteiger partial charge < -0.3 is 14.9 Å². The number of aromatic nitrogens is 1. The van der Waals surface area contributed by atoms with Crippen LogP contribution in [-0.2, 0) is 0 Å². The van der Waals surface area contributed by atoms with Crippen LogP contribution in [0.1, 0.15) is 37.2 Å². The van der Waals surface area contributed by atoms with Crippen molar-refractivity contribution in [1.29, 1.82) is 0 Å². The van der Waals surface area contributed by atoms with Gasteiger partial charge in [0.2, 0.25) is 5.76 Å². The highest BCUT2D eigenvalue weighted by molar-refractivity contribution is 5.92. The minimum Gasteiger partial charge on any atom is -0.396 e. The number of carbonyl (C=O) groups excluding carboxylic acids is 1. The molecule has 1 amide bonds. The van der Waals surface area contributed by atoms with E-state index in [1.54, 1.807) is 6.07 Å². The fourth-order valence-electron chi connectivity index (χ4n) is 2.04. The quantitative estimate of drug-likeness (QED) is 0.856. The largest absolute Gasteiger partial charge is 0.396 e. The Balaban J connectivity index is 2.12. The van der Waals surface area contributed by atoms with Gasteiger partial charge in [-0.1, -0.05) is 42.4 Å². The summed E-state index contributed by atoms with van der Waals surface area (Å²) >= 11 is 0. The van der Waals surface area contributed by atoms with Gasteiger partial charge in [-0.3, -0.25) is 4.79 Å². The summed E-state index contributed by atoms with van der Waals surface area (Å²) in [5, 5.41) is 15.9. The smallest absolute Gasteiger partial charge is 0.290 e. The van der Waals surface area contributed by atoms with Crippen LogP contribution in [0, 0.1) is 0 Å². The summed E-state index contributed by atoms with van der Waals surface area (Å²) in [7, 11) is 0. The van der Waals surface area contributed by atoms with Gasteiger partial charge in [0.15, 0.2) is 0 Å². The van der Waals surface area contributed by atoms with E-state index in [2.05, 4.69) is 10.5 Å². The predicted molar refractivity (Wildman–Crippen MR) is 79.8 cm³/mol. The summed E-state index contributed by atoms with van der Waals surface area (Å²) in [5.41, 5.74) is 1.07. The molecule has 0 radical (unpaired) electrons. The Kier molecular flexibility index (Phi) is 4.75. The zero-order valence-electron chi connectivity index (χ0n) is 12.3. The van der Waals surface area contributed by atoms with Crippen molar-refractivity contribution in [2.24, 2.45) is 0 Å². The summed E-state index contributed by atoms with van der Waals surface area (Å²) in [4.78, 5) is 12.2. The second-order valence-electron chi connectivity index (χ2n) is 5.28. The molecule has 0 aliphatic carbocycles. The van der Waals surface area contributed by atoms with Gasteiger partial charge in [-0.2, -0.15) is 0 Å². The second-order valence-corrected chi connectivity index (χ2v) is 5.28. The van der Waals surface area contributed by atoms with Crippen LogP contribution < -0.4 is 5.32 Å². The molecule has 2 rings (SSSR count). The average Bonchev–Trinajstić information content (AvgIpc) is 2.98. The zero-order chi connectivity index (χ0) is 15.3. The lowest BCUT2D eigenvalue weighted by Crippen LogP contribution is -2.46. The average molecular weight is 288 g/mol. The van der Waals surface area contributed by atoms with Crippen molar-refractivity contribution in [2.45, 2.75) is 32.2 Å². The van der Waals surface area contributed by atoms with Gasteiger partial charge in [0.1, 0.15) is 5.69 Å². The fourth-order valence-corrected chi connectivity index (χ4v) is 2.04. The molecular formula is C16H20N2O3. The van der Waals surface area contributed by atoms with E-state index in [9.17, 15) is 4.79 Å². The Morgan fingerprint density at radius 2 is 2.10 bits per heavy atom. The molecule has 112 valence electrons. The first kappa shape index (κ1) is 15.3. The molecule has 1 aromatic carbocycles. The van der Waals surface area contributed by atoms with Crippen LogP contribution in [0.25, 0.3) is 11.3 Å². The summed E-state index contributed by atoms with van der Waals surface area (Å²) < 4.78 is 5.12. The number of hydrogen-bond donors (Lipinski definition) is 2. The van der Waals surface area contributed by atoms with Crippen molar-refractivity contribution >= 4 is 5.91 Å². The number of rotatable bonds is 6. The maximum absolute atomic E-state index is 12.2. The van der Waals surface area contributed by atoms with Crippen molar-refractivity contribution < 1.29 is 14.4 Å². The van der Waals surface area contributed by atoms with Crippen LogP contribution in [0.15, 0.2) is 40.9 Å². The first-order valence-electron chi connectivity index (χ1n) is 7.03. The van der Waals surface area contributed by atoms with Gasteiger partial charge in [0, 0.05) is 23.8 Å². The zero-order valence-corrected chi connectivity index (χ0v) is 12.3. The predicted octanol–water partition coefficient (Wildman–Crippen LogP) is 2.62. The molecule has 0 saturated heterocycles. The minimum absolute atomic E-state index is 0.0241. The van der Waals surface area contributed by atoms with Gasteiger partial charge in [-0.15, -0.1) is 0 Å². The van der Waals surface area contributed by atoms with Crippen molar-refractivity contribution in [3.63, 3.8) is 0 Å². The first-order valence-corrected chi connectivity index (χ1v) is 7.03. The van der Waals surface area contributed by atoms with Crippen LogP contribution >= 0.6 is 0 Å². The topological polar surface area (TPSA) is 75.4 Å². The highest BCUT2D eigenvalue weighted by atomic mass is 16.5. The SMILES string of the molecule is CCC(C)(CCO)NC(=O)c1cc(-c2ccccc2)no1. The lowest BCUT2D eigenvalue weighted by atomic mass is 9.95. The van der Waals surface area contributed by atoms with Gasteiger partial charge in [-0.25, -0.2) is 0 Å². The van der Waals surface area contributed by atoms with Gasteiger partial charge >= 0.3 is 0 Å². The van der Waals surface area contributed by atoms with Crippen LogP contribution in [0.4, 0.5) is 0 Å².